The molecule has 1 aromatic carbocycles. The van der Waals surface area contributed by atoms with Crippen LogP contribution in [0.4, 0.5) is 0 Å². The third-order valence-electron chi connectivity index (χ3n) is 1.99. The second-order valence-electron chi connectivity index (χ2n) is 3.20. The summed E-state index contributed by atoms with van der Waals surface area (Å²) < 4.78 is 0. The van der Waals surface area contributed by atoms with Crippen molar-refractivity contribution >= 4 is 40.7 Å². The lowest BCUT2D eigenvalue weighted by Crippen LogP contribution is -2.11. The second kappa shape index (κ2) is 5.78. The average Bonchev–Trinajstić information content (AvgIpc) is 2.19. The highest BCUT2D eigenvalue weighted by Gasteiger charge is 2.13. The molecule has 0 amide bonds. The maximum Gasteiger partial charge on any atom is 0.143 e. The summed E-state index contributed by atoms with van der Waals surface area (Å²) in [7, 11) is 0. The standard InChI is InChI=1S/C11H12Cl2OS/c1-3-11(7(2)14)15-8-4-5-9(12)10(13)6-8/h4-6,11H,3H2,1-2H3. The van der Waals surface area contributed by atoms with Crippen molar-refractivity contribution < 1.29 is 4.79 Å². The summed E-state index contributed by atoms with van der Waals surface area (Å²) in [5, 5.41) is 1.07. The molecule has 1 aromatic rings. The van der Waals surface area contributed by atoms with E-state index in [4.69, 9.17) is 23.2 Å². The van der Waals surface area contributed by atoms with Gasteiger partial charge in [0.05, 0.1) is 15.3 Å². The van der Waals surface area contributed by atoms with Crippen molar-refractivity contribution in [1.82, 2.24) is 0 Å². The molecule has 0 saturated heterocycles. The van der Waals surface area contributed by atoms with E-state index >= 15 is 0 Å². The highest BCUT2D eigenvalue weighted by Crippen LogP contribution is 2.31. The Labute approximate surface area is 104 Å². The van der Waals surface area contributed by atoms with Gasteiger partial charge in [-0.05, 0) is 31.5 Å². The van der Waals surface area contributed by atoms with Gasteiger partial charge in [-0.15, -0.1) is 11.8 Å². The first-order chi connectivity index (χ1) is 7.04. The van der Waals surface area contributed by atoms with E-state index < -0.39 is 0 Å². The van der Waals surface area contributed by atoms with Gasteiger partial charge >= 0.3 is 0 Å². The molecule has 15 heavy (non-hydrogen) atoms. The molecule has 1 rings (SSSR count). The smallest absolute Gasteiger partial charge is 0.143 e. The lowest BCUT2D eigenvalue weighted by molar-refractivity contribution is -0.116. The van der Waals surface area contributed by atoms with E-state index in [0.717, 1.165) is 11.3 Å². The molecule has 0 aliphatic carbocycles. The van der Waals surface area contributed by atoms with E-state index in [1.54, 1.807) is 19.1 Å². The molecule has 0 spiro atoms. The topological polar surface area (TPSA) is 17.1 Å². The zero-order chi connectivity index (χ0) is 11.4. The molecule has 0 heterocycles. The van der Waals surface area contributed by atoms with Crippen LogP contribution in [0.2, 0.25) is 10.0 Å². The van der Waals surface area contributed by atoms with Crippen molar-refractivity contribution in [1.29, 1.82) is 0 Å². The predicted molar refractivity (Wildman–Crippen MR) is 67.1 cm³/mol. The van der Waals surface area contributed by atoms with Crippen molar-refractivity contribution in [3.8, 4) is 0 Å². The summed E-state index contributed by atoms with van der Waals surface area (Å²) in [5.41, 5.74) is 0. The number of carbonyl (C=O) groups is 1. The third-order valence-corrected chi connectivity index (χ3v) is 4.21. The molecule has 82 valence electrons. The highest BCUT2D eigenvalue weighted by atomic mass is 35.5. The lowest BCUT2D eigenvalue weighted by atomic mass is 10.2. The average molecular weight is 263 g/mol. The van der Waals surface area contributed by atoms with E-state index in [-0.39, 0.29) is 11.0 Å². The Kier molecular flexibility index (Phi) is 4.97. The number of hydrogen-bond donors (Lipinski definition) is 0. The SMILES string of the molecule is CCC(Sc1ccc(Cl)c(Cl)c1)C(C)=O. The van der Waals surface area contributed by atoms with E-state index in [1.807, 2.05) is 13.0 Å². The van der Waals surface area contributed by atoms with Gasteiger partial charge in [-0.1, -0.05) is 30.1 Å². The first-order valence-corrected chi connectivity index (χ1v) is 6.30. The number of ketones is 1. The van der Waals surface area contributed by atoms with Crippen LogP contribution in [-0.2, 0) is 4.79 Å². The molecule has 1 unspecified atom stereocenters. The van der Waals surface area contributed by atoms with E-state index in [0.29, 0.717) is 10.0 Å². The summed E-state index contributed by atoms with van der Waals surface area (Å²) >= 11 is 13.2. The largest absolute Gasteiger partial charge is 0.299 e. The Balaban J connectivity index is 2.80. The first kappa shape index (κ1) is 12.9. The fourth-order valence-corrected chi connectivity index (χ4v) is 2.52. The zero-order valence-corrected chi connectivity index (χ0v) is 10.9. The monoisotopic (exact) mass is 262 g/mol. The number of carbonyl (C=O) groups excluding carboxylic acids is 1. The molecule has 0 fully saturated rings. The fourth-order valence-electron chi connectivity index (χ4n) is 1.17. The third kappa shape index (κ3) is 3.71. The minimum Gasteiger partial charge on any atom is -0.299 e. The van der Waals surface area contributed by atoms with Crippen LogP contribution in [0.1, 0.15) is 20.3 Å². The van der Waals surface area contributed by atoms with E-state index in [2.05, 4.69) is 0 Å². The van der Waals surface area contributed by atoms with Crippen LogP contribution in [-0.4, -0.2) is 11.0 Å². The molecule has 0 aliphatic rings. The van der Waals surface area contributed by atoms with E-state index in [1.165, 1.54) is 11.8 Å². The zero-order valence-electron chi connectivity index (χ0n) is 8.59. The van der Waals surface area contributed by atoms with Crippen molar-refractivity contribution in [2.75, 3.05) is 0 Å². The molecule has 0 N–H and O–H groups in total. The maximum absolute atomic E-state index is 11.3. The molecule has 0 radical (unpaired) electrons. The predicted octanol–water partition coefficient (Wildman–Crippen LogP) is 4.45. The number of benzene rings is 1. The van der Waals surface area contributed by atoms with Crippen LogP contribution in [0.5, 0.6) is 0 Å². The molecular weight excluding hydrogens is 251 g/mol. The number of rotatable bonds is 4. The Morgan fingerprint density at radius 1 is 1.40 bits per heavy atom. The van der Waals surface area contributed by atoms with Crippen LogP contribution in [0.15, 0.2) is 23.1 Å². The van der Waals surface area contributed by atoms with Gasteiger partial charge in [-0.3, -0.25) is 4.79 Å². The van der Waals surface area contributed by atoms with Crippen LogP contribution in [0.25, 0.3) is 0 Å². The van der Waals surface area contributed by atoms with Gasteiger partial charge in [0.15, 0.2) is 0 Å². The van der Waals surface area contributed by atoms with Crippen LogP contribution < -0.4 is 0 Å². The molecule has 4 heteroatoms. The van der Waals surface area contributed by atoms with Gasteiger partial charge in [0, 0.05) is 4.90 Å². The van der Waals surface area contributed by atoms with Crippen LogP contribution in [0.3, 0.4) is 0 Å². The summed E-state index contributed by atoms with van der Waals surface area (Å²) in [4.78, 5) is 12.2. The van der Waals surface area contributed by atoms with Gasteiger partial charge in [0.2, 0.25) is 0 Å². The van der Waals surface area contributed by atoms with Crippen molar-refractivity contribution in [3.05, 3.63) is 28.2 Å². The van der Waals surface area contributed by atoms with Crippen molar-refractivity contribution in [2.45, 2.75) is 30.4 Å². The summed E-state index contributed by atoms with van der Waals surface area (Å²) in [6.45, 7) is 3.61. The summed E-state index contributed by atoms with van der Waals surface area (Å²) in [6, 6.07) is 5.42. The molecule has 0 aromatic heterocycles. The molecule has 0 bridgehead atoms. The van der Waals surface area contributed by atoms with Crippen LogP contribution >= 0.6 is 35.0 Å². The van der Waals surface area contributed by atoms with Gasteiger partial charge in [0.25, 0.3) is 0 Å². The van der Waals surface area contributed by atoms with Gasteiger partial charge in [0.1, 0.15) is 5.78 Å². The summed E-state index contributed by atoms with van der Waals surface area (Å²) in [6.07, 6.45) is 0.820. The van der Waals surface area contributed by atoms with Gasteiger partial charge in [-0.2, -0.15) is 0 Å². The normalized spacial score (nSPS) is 12.5. The second-order valence-corrected chi connectivity index (χ2v) is 5.29. The minimum absolute atomic E-state index is 0.00208. The van der Waals surface area contributed by atoms with E-state index in [9.17, 15) is 4.79 Å². The number of halogens is 2. The first-order valence-electron chi connectivity index (χ1n) is 4.66. The molecular formula is C11H12Cl2OS. The number of Topliss-reactive ketones (excluding diaryl/α,β-unsaturated/α-hetero) is 1. The maximum atomic E-state index is 11.3. The Bertz CT molecular complexity index is 366. The van der Waals surface area contributed by atoms with Gasteiger partial charge in [-0.25, -0.2) is 0 Å². The summed E-state index contributed by atoms with van der Waals surface area (Å²) in [5.74, 6) is 0.188. The molecule has 1 nitrogen and oxygen atoms in total. The van der Waals surface area contributed by atoms with Gasteiger partial charge < -0.3 is 0 Å². The molecule has 1 atom stereocenters. The lowest BCUT2D eigenvalue weighted by Gasteiger charge is -2.10. The highest BCUT2D eigenvalue weighted by molar-refractivity contribution is 8.00. The number of thioether (sulfide) groups is 1. The Morgan fingerprint density at radius 2 is 2.07 bits per heavy atom. The minimum atomic E-state index is 0.00208. The Morgan fingerprint density at radius 3 is 2.53 bits per heavy atom. The number of hydrogen-bond acceptors (Lipinski definition) is 2. The fraction of sp³-hybridized carbons (Fsp3) is 0.364. The Hall–Kier alpha value is -0.180. The molecule has 0 aliphatic heterocycles. The van der Waals surface area contributed by atoms with Crippen molar-refractivity contribution in [2.24, 2.45) is 0 Å². The quantitative estimate of drug-likeness (QED) is 0.746. The van der Waals surface area contributed by atoms with Crippen molar-refractivity contribution in [3.63, 3.8) is 0 Å². The molecule has 0 saturated carbocycles. The van der Waals surface area contributed by atoms with Crippen LogP contribution in [0, 0.1) is 0 Å².